The van der Waals surface area contributed by atoms with E-state index in [9.17, 15) is 9.59 Å². The van der Waals surface area contributed by atoms with Crippen LogP contribution in [0.15, 0.2) is 24.3 Å². The van der Waals surface area contributed by atoms with Crippen LogP contribution in [0.4, 0.5) is 0 Å². The van der Waals surface area contributed by atoms with E-state index in [0.29, 0.717) is 26.2 Å². The summed E-state index contributed by atoms with van der Waals surface area (Å²) in [4.78, 5) is 26.4. The minimum absolute atomic E-state index is 0.0289. The van der Waals surface area contributed by atoms with Crippen LogP contribution < -0.4 is 4.74 Å². The van der Waals surface area contributed by atoms with Crippen molar-refractivity contribution in [3.8, 4) is 5.75 Å². The summed E-state index contributed by atoms with van der Waals surface area (Å²) in [6.45, 7) is 6.03. The molecule has 1 aliphatic rings. The number of carbonyl (C=O) groups is 2. The van der Waals surface area contributed by atoms with Gasteiger partial charge in [0.1, 0.15) is 5.75 Å². The third-order valence-electron chi connectivity index (χ3n) is 3.52. The second-order valence-corrected chi connectivity index (χ2v) is 4.99. The Morgan fingerprint density at radius 2 is 1.90 bits per heavy atom. The van der Waals surface area contributed by atoms with Crippen molar-refractivity contribution in [1.29, 1.82) is 0 Å². The summed E-state index contributed by atoms with van der Waals surface area (Å²) in [5, 5.41) is 0. The minimum Gasteiger partial charge on any atom is -0.481 e. The van der Waals surface area contributed by atoms with E-state index in [0.717, 1.165) is 17.7 Å². The van der Waals surface area contributed by atoms with Gasteiger partial charge >= 0.3 is 0 Å². The summed E-state index contributed by atoms with van der Waals surface area (Å²) in [5.41, 5.74) is 1.01. The largest absolute Gasteiger partial charge is 0.481 e. The molecule has 0 aliphatic carbocycles. The van der Waals surface area contributed by atoms with Crippen molar-refractivity contribution >= 4 is 12.3 Å². The Morgan fingerprint density at radius 3 is 2.50 bits per heavy atom. The highest BCUT2D eigenvalue weighted by molar-refractivity contribution is 5.81. The van der Waals surface area contributed by atoms with Crippen LogP contribution in [-0.2, 0) is 9.59 Å². The van der Waals surface area contributed by atoms with Gasteiger partial charge in [-0.25, -0.2) is 0 Å². The van der Waals surface area contributed by atoms with Gasteiger partial charge in [0.15, 0.2) is 6.10 Å². The van der Waals surface area contributed by atoms with Crippen LogP contribution in [0.3, 0.4) is 0 Å². The zero-order valence-corrected chi connectivity index (χ0v) is 11.9. The maximum Gasteiger partial charge on any atom is 0.263 e. The van der Waals surface area contributed by atoms with Crippen molar-refractivity contribution in [3.63, 3.8) is 0 Å². The molecule has 0 aromatic heterocycles. The summed E-state index contributed by atoms with van der Waals surface area (Å²) in [7, 11) is 0. The highest BCUT2D eigenvalue weighted by atomic mass is 16.5. The zero-order chi connectivity index (χ0) is 14.5. The molecule has 0 saturated carbocycles. The fraction of sp³-hybridized carbons (Fsp3) is 0.467. The lowest BCUT2D eigenvalue weighted by atomic mass is 10.2. The molecule has 0 radical (unpaired) electrons. The summed E-state index contributed by atoms with van der Waals surface area (Å²) in [6, 6.07) is 7.65. The number of carbonyl (C=O) groups excluding carboxylic acids is 2. The summed E-state index contributed by atoms with van der Waals surface area (Å²) in [5.74, 6) is 0.707. The van der Waals surface area contributed by atoms with Crippen molar-refractivity contribution in [2.24, 2.45) is 0 Å². The van der Waals surface area contributed by atoms with Crippen LogP contribution in [0.1, 0.15) is 12.5 Å². The lowest BCUT2D eigenvalue weighted by Gasteiger charge is -2.34. The molecule has 0 spiro atoms. The fourth-order valence-corrected chi connectivity index (χ4v) is 2.23. The van der Waals surface area contributed by atoms with E-state index >= 15 is 0 Å². The lowest BCUT2D eigenvalue weighted by Crippen LogP contribution is -2.51. The summed E-state index contributed by atoms with van der Waals surface area (Å²) >= 11 is 0. The number of nitrogens with zero attached hydrogens (tertiary/aromatic N) is 2. The van der Waals surface area contributed by atoms with Gasteiger partial charge in [0.2, 0.25) is 6.41 Å². The molecule has 1 saturated heterocycles. The maximum atomic E-state index is 12.3. The number of aryl methyl sites for hydroxylation is 1. The Morgan fingerprint density at radius 1 is 1.25 bits per heavy atom. The zero-order valence-electron chi connectivity index (χ0n) is 11.9. The van der Waals surface area contributed by atoms with Crippen LogP contribution in [0.25, 0.3) is 0 Å². The fourth-order valence-electron chi connectivity index (χ4n) is 2.23. The number of amides is 2. The van der Waals surface area contributed by atoms with Crippen molar-refractivity contribution in [2.75, 3.05) is 26.2 Å². The molecule has 1 fully saturated rings. The monoisotopic (exact) mass is 276 g/mol. The van der Waals surface area contributed by atoms with Crippen LogP contribution in [0.5, 0.6) is 5.75 Å². The Labute approximate surface area is 119 Å². The molecule has 1 aromatic rings. The van der Waals surface area contributed by atoms with Crippen LogP contribution >= 0.6 is 0 Å². The lowest BCUT2D eigenvalue weighted by molar-refractivity contribution is -0.141. The van der Waals surface area contributed by atoms with E-state index in [1.165, 1.54) is 0 Å². The molecule has 2 amide bonds. The molecule has 0 bridgehead atoms. The minimum atomic E-state index is -0.515. The van der Waals surface area contributed by atoms with Crippen molar-refractivity contribution in [3.05, 3.63) is 29.8 Å². The van der Waals surface area contributed by atoms with E-state index in [2.05, 4.69) is 0 Å². The highest BCUT2D eigenvalue weighted by Gasteiger charge is 2.25. The Bertz CT molecular complexity index is 482. The number of piperazine rings is 1. The molecule has 5 nitrogen and oxygen atoms in total. The molecular formula is C15H20N2O3. The number of benzene rings is 1. The maximum absolute atomic E-state index is 12.3. The Balaban J connectivity index is 1.93. The SMILES string of the molecule is Cc1ccccc1OC(C)C(=O)N1CCN(C=O)CC1. The highest BCUT2D eigenvalue weighted by Crippen LogP contribution is 2.18. The molecule has 1 atom stereocenters. The second kappa shape index (κ2) is 6.41. The molecule has 5 heteroatoms. The average Bonchev–Trinajstić information content (AvgIpc) is 2.49. The van der Waals surface area contributed by atoms with E-state index in [4.69, 9.17) is 4.74 Å². The van der Waals surface area contributed by atoms with Gasteiger partial charge in [-0.2, -0.15) is 0 Å². The molecule has 1 aromatic carbocycles. The van der Waals surface area contributed by atoms with Crippen LogP contribution in [-0.4, -0.2) is 54.4 Å². The second-order valence-electron chi connectivity index (χ2n) is 4.99. The number of rotatable bonds is 4. The predicted octanol–water partition coefficient (Wildman–Crippen LogP) is 1.06. The molecule has 1 unspecified atom stereocenters. The van der Waals surface area contributed by atoms with Crippen LogP contribution in [0.2, 0.25) is 0 Å². The van der Waals surface area contributed by atoms with Gasteiger partial charge in [-0.3, -0.25) is 9.59 Å². The number of hydrogen-bond donors (Lipinski definition) is 0. The third-order valence-corrected chi connectivity index (χ3v) is 3.52. The standard InChI is InChI=1S/C15H20N2O3/c1-12-5-3-4-6-14(12)20-13(2)15(19)17-9-7-16(11-18)8-10-17/h3-6,11,13H,7-10H2,1-2H3. The first-order valence-electron chi connectivity index (χ1n) is 6.82. The molecule has 2 rings (SSSR count). The molecule has 1 heterocycles. The van der Waals surface area contributed by atoms with E-state index in [1.807, 2.05) is 31.2 Å². The van der Waals surface area contributed by atoms with E-state index < -0.39 is 6.10 Å². The van der Waals surface area contributed by atoms with Crippen molar-refractivity contribution in [1.82, 2.24) is 9.80 Å². The number of para-hydroxylation sites is 1. The third kappa shape index (κ3) is 3.29. The summed E-state index contributed by atoms with van der Waals surface area (Å²) in [6.07, 6.45) is 0.314. The normalized spacial score (nSPS) is 16.7. The van der Waals surface area contributed by atoms with Crippen molar-refractivity contribution in [2.45, 2.75) is 20.0 Å². The first kappa shape index (κ1) is 14.4. The number of ether oxygens (including phenoxy) is 1. The van der Waals surface area contributed by atoms with Gasteiger partial charge in [-0.15, -0.1) is 0 Å². The van der Waals surface area contributed by atoms with Gasteiger partial charge in [0.25, 0.3) is 5.91 Å². The number of hydrogen-bond acceptors (Lipinski definition) is 3. The molecular weight excluding hydrogens is 256 g/mol. The van der Waals surface area contributed by atoms with Crippen LogP contribution in [0, 0.1) is 6.92 Å². The first-order valence-corrected chi connectivity index (χ1v) is 6.82. The van der Waals surface area contributed by atoms with Gasteiger partial charge in [0.05, 0.1) is 0 Å². The first-order chi connectivity index (χ1) is 9.61. The quantitative estimate of drug-likeness (QED) is 0.773. The average molecular weight is 276 g/mol. The molecule has 108 valence electrons. The molecule has 0 N–H and O–H groups in total. The van der Waals surface area contributed by atoms with Gasteiger partial charge in [-0.1, -0.05) is 18.2 Å². The molecule has 1 aliphatic heterocycles. The van der Waals surface area contributed by atoms with E-state index in [-0.39, 0.29) is 5.91 Å². The van der Waals surface area contributed by atoms with Crippen molar-refractivity contribution < 1.29 is 14.3 Å². The smallest absolute Gasteiger partial charge is 0.263 e. The van der Waals surface area contributed by atoms with Gasteiger partial charge < -0.3 is 14.5 Å². The predicted molar refractivity (Wildman–Crippen MR) is 75.5 cm³/mol. The summed E-state index contributed by atoms with van der Waals surface area (Å²) < 4.78 is 5.74. The van der Waals surface area contributed by atoms with Gasteiger partial charge in [0, 0.05) is 26.2 Å². The Kier molecular flexibility index (Phi) is 4.61. The topological polar surface area (TPSA) is 49.9 Å². The van der Waals surface area contributed by atoms with Gasteiger partial charge in [-0.05, 0) is 25.5 Å². The Hall–Kier alpha value is -2.04. The molecule has 20 heavy (non-hydrogen) atoms. The van der Waals surface area contributed by atoms with E-state index in [1.54, 1.807) is 16.7 Å².